The molecule has 1 radical (unpaired) electrons. The fraction of sp³-hybridized carbons (Fsp3) is 0.222. The lowest BCUT2D eigenvalue weighted by molar-refractivity contribution is 0.190. The molecule has 13 heavy (non-hydrogen) atoms. The number of anilines is 1. The summed E-state index contributed by atoms with van der Waals surface area (Å²) in [7, 11) is 0. The number of benzene rings is 1. The van der Waals surface area contributed by atoms with Gasteiger partial charge in [0, 0.05) is 0 Å². The fourth-order valence-corrected chi connectivity index (χ4v) is 1.26. The number of ether oxygens (including phenoxy) is 1. The number of carbonyl (C=O) groups excluding carboxylic acids is 1. The molecule has 1 aromatic carbocycles. The van der Waals surface area contributed by atoms with Crippen LogP contribution in [0, 0.1) is 0 Å². The Bertz CT molecular complexity index is 314. The highest BCUT2D eigenvalue weighted by molar-refractivity contribution is 5.58. The number of hydrogen-bond donors (Lipinski definition) is 2. The molecule has 1 amide bonds. The highest BCUT2D eigenvalue weighted by atomic mass is 16.5. The quantitative estimate of drug-likeness (QED) is 0.646. The van der Waals surface area contributed by atoms with Crippen molar-refractivity contribution in [2.75, 3.05) is 11.9 Å². The number of para-hydroxylation sites is 2. The molecule has 0 fully saturated rings. The predicted molar refractivity (Wildman–Crippen MR) is 48.2 cm³/mol. The Morgan fingerprint density at radius 3 is 3.23 bits per heavy atom. The molecule has 1 aliphatic rings. The van der Waals surface area contributed by atoms with Crippen molar-refractivity contribution in [3.05, 3.63) is 24.3 Å². The Labute approximate surface area is 75.9 Å². The minimum Gasteiger partial charge on any atom is -0.467 e. The summed E-state index contributed by atoms with van der Waals surface area (Å²) in [4.78, 5) is 10.0. The van der Waals surface area contributed by atoms with Crippen LogP contribution in [-0.4, -0.2) is 19.2 Å². The molecule has 0 bridgehead atoms. The van der Waals surface area contributed by atoms with Gasteiger partial charge in [-0.25, -0.2) is 0 Å². The summed E-state index contributed by atoms with van der Waals surface area (Å²) < 4.78 is 5.44. The first kappa shape index (κ1) is 7.91. The summed E-state index contributed by atoms with van der Waals surface area (Å²) in [5.74, 6) is 0.751. The molecular formula is C9H9N2O2. The summed E-state index contributed by atoms with van der Waals surface area (Å²) >= 11 is 0. The zero-order valence-electron chi connectivity index (χ0n) is 6.91. The molecule has 0 saturated carbocycles. The van der Waals surface area contributed by atoms with E-state index >= 15 is 0 Å². The topological polar surface area (TPSA) is 50.4 Å². The molecule has 0 aliphatic carbocycles. The van der Waals surface area contributed by atoms with E-state index in [1.807, 2.05) is 24.3 Å². The van der Waals surface area contributed by atoms with Crippen LogP contribution in [0.2, 0.25) is 0 Å². The molecule has 67 valence electrons. The molecule has 4 nitrogen and oxygen atoms in total. The normalized spacial score (nSPS) is 19.2. The SMILES string of the molecule is O=[C]NC1CNc2ccccc2O1. The lowest BCUT2D eigenvalue weighted by Gasteiger charge is -2.26. The number of rotatable bonds is 2. The summed E-state index contributed by atoms with van der Waals surface area (Å²) in [6.07, 6.45) is 1.28. The van der Waals surface area contributed by atoms with Crippen molar-refractivity contribution in [1.82, 2.24) is 5.32 Å². The van der Waals surface area contributed by atoms with Crippen LogP contribution in [0.1, 0.15) is 0 Å². The summed E-state index contributed by atoms with van der Waals surface area (Å²) in [5, 5.41) is 5.57. The third-order valence-electron chi connectivity index (χ3n) is 1.85. The van der Waals surface area contributed by atoms with Gasteiger partial charge in [0.2, 0.25) is 0 Å². The van der Waals surface area contributed by atoms with Crippen molar-refractivity contribution in [2.45, 2.75) is 6.23 Å². The van der Waals surface area contributed by atoms with Crippen LogP contribution in [0.4, 0.5) is 5.69 Å². The second kappa shape index (κ2) is 3.35. The van der Waals surface area contributed by atoms with Crippen molar-refractivity contribution in [2.24, 2.45) is 0 Å². The van der Waals surface area contributed by atoms with Gasteiger partial charge in [-0.3, -0.25) is 4.79 Å². The summed E-state index contributed by atoms with van der Waals surface area (Å²) in [5.41, 5.74) is 0.950. The first-order valence-electron chi connectivity index (χ1n) is 4.02. The molecule has 0 aromatic heterocycles. The van der Waals surface area contributed by atoms with Crippen molar-refractivity contribution >= 4 is 12.1 Å². The van der Waals surface area contributed by atoms with Crippen LogP contribution in [-0.2, 0) is 4.79 Å². The molecule has 1 atom stereocenters. The van der Waals surface area contributed by atoms with E-state index in [9.17, 15) is 4.79 Å². The van der Waals surface area contributed by atoms with Gasteiger partial charge in [0.05, 0.1) is 12.2 Å². The van der Waals surface area contributed by atoms with Gasteiger partial charge < -0.3 is 15.4 Å². The molecular weight excluding hydrogens is 168 g/mol. The molecule has 0 spiro atoms. The number of fused-ring (bicyclic) bond motifs is 1. The van der Waals surface area contributed by atoms with Crippen molar-refractivity contribution in [3.63, 3.8) is 0 Å². The second-order valence-electron chi connectivity index (χ2n) is 2.73. The highest BCUT2D eigenvalue weighted by Gasteiger charge is 2.17. The van der Waals surface area contributed by atoms with Gasteiger partial charge in [-0.15, -0.1) is 0 Å². The molecule has 4 heteroatoms. The maximum atomic E-state index is 10.0. The number of amides is 1. The van der Waals surface area contributed by atoms with Gasteiger partial charge in [-0.05, 0) is 12.1 Å². The molecule has 0 saturated heterocycles. The molecule has 2 rings (SSSR count). The van der Waals surface area contributed by atoms with E-state index in [1.165, 1.54) is 0 Å². The molecule has 1 aliphatic heterocycles. The third-order valence-corrected chi connectivity index (χ3v) is 1.85. The van der Waals surface area contributed by atoms with E-state index in [2.05, 4.69) is 10.6 Å². The molecule has 1 aromatic rings. The van der Waals surface area contributed by atoms with Gasteiger partial charge in [0.1, 0.15) is 5.75 Å². The summed E-state index contributed by atoms with van der Waals surface area (Å²) in [6, 6.07) is 7.58. The lowest BCUT2D eigenvalue weighted by Crippen LogP contribution is -2.42. The second-order valence-corrected chi connectivity index (χ2v) is 2.73. The third kappa shape index (κ3) is 1.56. The Morgan fingerprint density at radius 1 is 1.54 bits per heavy atom. The van der Waals surface area contributed by atoms with Crippen molar-refractivity contribution in [3.8, 4) is 5.75 Å². The number of hydrogen-bond acceptors (Lipinski definition) is 3. The minimum atomic E-state index is -0.326. The Hall–Kier alpha value is -1.71. The first-order chi connectivity index (χ1) is 6.40. The fourth-order valence-electron chi connectivity index (χ4n) is 1.26. The Balaban J connectivity index is 2.15. The van der Waals surface area contributed by atoms with E-state index in [0.29, 0.717) is 6.54 Å². The molecule has 1 unspecified atom stereocenters. The average Bonchev–Trinajstić information content (AvgIpc) is 2.18. The van der Waals surface area contributed by atoms with Crippen molar-refractivity contribution < 1.29 is 9.53 Å². The maximum Gasteiger partial charge on any atom is 0.312 e. The first-order valence-corrected chi connectivity index (χ1v) is 4.02. The van der Waals surface area contributed by atoms with Gasteiger partial charge in [0.15, 0.2) is 6.23 Å². The Kier molecular flexibility index (Phi) is 2.04. The van der Waals surface area contributed by atoms with Crippen LogP contribution in [0.15, 0.2) is 24.3 Å². The lowest BCUT2D eigenvalue weighted by atomic mass is 10.2. The standard InChI is InChI=1S/C9H9N2O2/c12-6-11-9-5-10-7-3-1-2-4-8(7)13-9/h1-4,9-10H,5H2,(H,11,12). The molecule has 1 heterocycles. The predicted octanol–water partition coefficient (Wildman–Crippen LogP) is 0.474. The zero-order chi connectivity index (χ0) is 9.10. The van der Waals surface area contributed by atoms with Crippen LogP contribution in [0.3, 0.4) is 0 Å². The largest absolute Gasteiger partial charge is 0.467 e. The maximum absolute atomic E-state index is 10.0. The van der Waals surface area contributed by atoms with Crippen LogP contribution in [0.25, 0.3) is 0 Å². The van der Waals surface area contributed by atoms with Crippen molar-refractivity contribution in [1.29, 1.82) is 0 Å². The summed E-state index contributed by atoms with van der Waals surface area (Å²) in [6.45, 7) is 0.562. The van der Waals surface area contributed by atoms with Gasteiger partial charge in [-0.1, -0.05) is 12.1 Å². The van der Waals surface area contributed by atoms with Crippen LogP contribution < -0.4 is 15.4 Å². The van der Waals surface area contributed by atoms with E-state index < -0.39 is 0 Å². The zero-order valence-corrected chi connectivity index (χ0v) is 6.91. The van der Waals surface area contributed by atoms with E-state index in [4.69, 9.17) is 4.74 Å². The van der Waals surface area contributed by atoms with Crippen LogP contribution in [0.5, 0.6) is 5.75 Å². The van der Waals surface area contributed by atoms with E-state index in [0.717, 1.165) is 11.4 Å². The van der Waals surface area contributed by atoms with E-state index in [-0.39, 0.29) is 6.23 Å². The smallest absolute Gasteiger partial charge is 0.312 e. The van der Waals surface area contributed by atoms with E-state index in [1.54, 1.807) is 6.41 Å². The number of nitrogens with one attached hydrogen (secondary N) is 2. The van der Waals surface area contributed by atoms with Crippen LogP contribution >= 0.6 is 0 Å². The molecule has 2 N–H and O–H groups in total. The highest BCUT2D eigenvalue weighted by Crippen LogP contribution is 2.27. The van der Waals surface area contributed by atoms with Gasteiger partial charge >= 0.3 is 6.41 Å². The van der Waals surface area contributed by atoms with Gasteiger partial charge in [-0.2, -0.15) is 0 Å². The monoisotopic (exact) mass is 177 g/mol. The average molecular weight is 177 g/mol. The Morgan fingerprint density at radius 2 is 2.38 bits per heavy atom. The van der Waals surface area contributed by atoms with Gasteiger partial charge in [0.25, 0.3) is 0 Å². The minimum absolute atomic E-state index is 0.326.